The van der Waals surface area contributed by atoms with Crippen LogP contribution in [0.25, 0.3) is 0 Å². The number of aryl methyl sites for hydroxylation is 2. The smallest absolute Gasteiger partial charge is 0.195 e. The minimum Gasteiger partial charge on any atom is -0.489 e. The largest absolute Gasteiger partial charge is 0.489 e. The van der Waals surface area contributed by atoms with Crippen molar-refractivity contribution in [3.8, 4) is 5.75 Å². The first-order chi connectivity index (χ1) is 24.5. The van der Waals surface area contributed by atoms with Crippen LogP contribution in [-0.4, -0.2) is 11.6 Å². The summed E-state index contributed by atoms with van der Waals surface area (Å²) in [5, 5.41) is 0. The summed E-state index contributed by atoms with van der Waals surface area (Å²) in [5.41, 5.74) is 5.78. The van der Waals surface area contributed by atoms with Gasteiger partial charge in [0.05, 0.1) is 0 Å². The molecule has 0 N–H and O–H groups in total. The van der Waals surface area contributed by atoms with Gasteiger partial charge in [0.2, 0.25) is 0 Å². The maximum atomic E-state index is 14.0. The van der Waals surface area contributed by atoms with E-state index in [-0.39, 0.29) is 11.6 Å². The fourth-order valence-corrected chi connectivity index (χ4v) is 8.34. The van der Waals surface area contributed by atoms with Gasteiger partial charge in [0.1, 0.15) is 12.4 Å². The van der Waals surface area contributed by atoms with Crippen LogP contribution in [0.5, 0.6) is 5.75 Å². The number of fused-ring (bicyclic) bond motifs is 2. The number of hydrogen-bond acceptors (Lipinski definition) is 5. The highest BCUT2D eigenvalue weighted by Crippen LogP contribution is 2.41. The van der Waals surface area contributed by atoms with Gasteiger partial charge in [0.25, 0.3) is 0 Å². The lowest BCUT2D eigenvalue weighted by molar-refractivity contribution is 0.0974. The lowest BCUT2D eigenvalue weighted by Gasteiger charge is -2.22. The molecule has 1 aliphatic rings. The molecule has 6 rings (SSSR count). The average Bonchev–Trinajstić information content (AvgIpc) is 3.15. The van der Waals surface area contributed by atoms with Crippen molar-refractivity contribution >= 4 is 35.1 Å². The summed E-state index contributed by atoms with van der Waals surface area (Å²) in [7, 11) is 0. The molecule has 0 heterocycles. The van der Waals surface area contributed by atoms with Crippen molar-refractivity contribution in [1.82, 2.24) is 0 Å². The minimum absolute atomic E-state index is 0.0954. The van der Waals surface area contributed by atoms with E-state index in [1.807, 2.05) is 48.5 Å². The number of ether oxygens (including phenoxy) is 1. The van der Waals surface area contributed by atoms with Crippen molar-refractivity contribution in [1.29, 1.82) is 0 Å². The Morgan fingerprint density at radius 1 is 0.480 bits per heavy atom. The molecule has 0 spiro atoms. The first kappa shape index (κ1) is 35.8. The summed E-state index contributed by atoms with van der Waals surface area (Å²) in [6.07, 6.45) is 12.4. The number of carbonyl (C=O) groups is 2. The van der Waals surface area contributed by atoms with Gasteiger partial charge in [-0.15, -0.1) is 0 Å². The highest BCUT2D eigenvalue weighted by Gasteiger charge is 2.33. The minimum atomic E-state index is -0.102. The lowest BCUT2D eigenvalue weighted by Crippen LogP contribution is -2.22. The van der Waals surface area contributed by atoms with Crippen molar-refractivity contribution < 1.29 is 14.3 Å². The number of carbonyl (C=O) groups excluding carboxylic acids is 2. The monoisotopic (exact) mass is 698 g/mol. The van der Waals surface area contributed by atoms with Gasteiger partial charge >= 0.3 is 0 Å². The van der Waals surface area contributed by atoms with E-state index >= 15 is 0 Å². The maximum absolute atomic E-state index is 14.0. The van der Waals surface area contributed by atoms with E-state index < -0.39 is 0 Å². The molecule has 256 valence electrons. The Morgan fingerprint density at radius 3 is 1.50 bits per heavy atom. The van der Waals surface area contributed by atoms with Crippen molar-refractivity contribution in [3.05, 3.63) is 148 Å². The molecule has 3 nitrogen and oxygen atoms in total. The van der Waals surface area contributed by atoms with Crippen LogP contribution in [0.1, 0.15) is 114 Å². The van der Waals surface area contributed by atoms with Crippen molar-refractivity contribution in [3.63, 3.8) is 0 Å². The third-order valence-corrected chi connectivity index (χ3v) is 11.4. The molecule has 5 aromatic carbocycles. The first-order valence-corrected chi connectivity index (χ1v) is 19.8. The van der Waals surface area contributed by atoms with Crippen LogP contribution in [0.15, 0.2) is 129 Å². The zero-order chi connectivity index (χ0) is 34.7. The molecule has 0 radical (unpaired) electrons. The Labute approximate surface area is 306 Å². The molecule has 0 bridgehead atoms. The molecule has 5 aromatic rings. The normalized spacial score (nSPS) is 12.1. The van der Waals surface area contributed by atoms with Crippen LogP contribution in [0.2, 0.25) is 0 Å². The van der Waals surface area contributed by atoms with Gasteiger partial charge in [-0.25, -0.2) is 0 Å². The summed E-state index contributed by atoms with van der Waals surface area (Å²) in [4.78, 5) is 31.7. The molecule has 0 saturated carbocycles. The van der Waals surface area contributed by atoms with Crippen LogP contribution in [-0.2, 0) is 19.4 Å². The number of rotatable bonds is 17. The van der Waals surface area contributed by atoms with Gasteiger partial charge in [-0.3, -0.25) is 9.59 Å². The number of hydrogen-bond donors (Lipinski definition) is 0. The lowest BCUT2D eigenvalue weighted by atomic mass is 9.84. The Bertz CT molecular complexity index is 1890. The van der Waals surface area contributed by atoms with E-state index in [1.54, 1.807) is 23.9 Å². The molecule has 5 heteroatoms. The molecule has 1 aliphatic carbocycles. The number of benzene rings is 5. The highest BCUT2D eigenvalue weighted by molar-refractivity contribution is 7.99. The first-order valence-electron chi connectivity index (χ1n) is 18.1. The standard InChI is InChI=1S/C45H46O3S2/c1-3-5-7-8-9-10-14-33-23-27-36(28-24-33)49-40-17-11-15-38-42(40)44(46)39-16-12-18-41(43(39)45(38)47)50-37-29-25-35(26-30-37)48-31-34-21-19-32(20-22-34)13-6-4-2/h11-12,15-30H,3-10,13-14,31H2,1-2H3. The van der Waals surface area contributed by atoms with E-state index in [2.05, 4.69) is 62.4 Å². The van der Waals surface area contributed by atoms with Crippen molar-refractivity contribution in [2.24, 2.45) is 0 Å². The quantitative estimate of drug-likeness (QED) is 0.0887. The zero-order valence-electron chi connectivity index (χ0n) is 29.2. The van der Waals surface area contributed by atoms with Crippen molar-refractivity contribution in [2.75, 3.05) is 0 Å². The van der Waals surface area contributed by atoms with Crippen LogP contribution in [0, 0.1) is 0 Å². The second-order valence-corrected chi connectivity index (χ2v) is 15.3. The molecule has 0 aliphatic heterocycles. The Balaban J connectivity index is 1.10. The topological polar surface area (TPSA) is 43.4 Å². The molecular formula is C45H46O3S2. The van der Waals surface area contributed by atoms with Gasteiger partial charge in [-0.1, -0.05) is 137 Å². The van der Waals surface area contributed by atoms with Crippen molar-refractivity contribution in [2.45, 2.75) is 104 Å². The predicted molar refractivity (Wildman–Crippen MR) is 207 cm³/mol. The van der Waals surface area contributed by atoms with Gasteiger partial charge < -0.3 is 4.74 Å². The SMILES string of the molecule is CCCCCCCCc1ccc(Sc2cccc3c2C(=O)c2cccc(Sc4ccc(OCc5ccc(CCCC)cc5)cc4)c2C3=O)cc1. The summed E-state index contributed by atoms with van der Waals surface area (Å²) in [6, 6.07) is 36.5. The van der Waals surface area contributed by atoms with Crippen LogP contribution in [0.4, 0.5) is 0 Å². The van der Waals surface area contributed by atoms with E-state index in [4.69, 9.17) is 4.74 Å². The van der Waals surface area contributed by atoms with E-state index in [9.17, 15) is 9.59 Å². The zero-order valence-corrected chi connectivity index (χ0v) is 30.8. The Kier molecular flexibility index (Phi) is 12.7. The second kappa shape index (κ2) is 17.7. The highest BCUT2D eigenvalue weighted by atomic mass is 32.2. The summed E-state index contributed by atoms with van der Waals surface area (Å²) >= 11 is 3.05. The molecule has 0 aromatic heterocycles. The average molecular weight is 699 g/mol. The van der Waals surface area contributed by atoms with Crippen LogP contribution >= 0.6 is 23.5 Å². The summed E-state index contributed by atoms with van der Waals surface area (Å²) in [5.74, 6) is 0.592. The Morgan fingerprint density at radius 2 is 0.940 bits per heavy atom. The molecular weight excluding hydrogens is 653 g/mol. The predicted octanol–water partition coefficient (Wildman–Crippen LogP) is 12.6. The van der Waals surface area contributed by atoms with Crippen LogP contribution in [0.3, 0.4) is 0 Å². The fraction of sp³-hybridized carbons (Fsp3) is 0.289. The van der Waals surface area contributed by atoms with E-state index in [1.165, 1.54) is 74.3 Å². The molecule has 0 unspecified atom stereocenters. The third-order valence-electron chi connectivity index (χ3n) is 9.27. The summed E-state index contributed by atoms with van der Waals surface area (Å²) in [6.45, 7) is 4.97. The molecule has 0 saturated heterocycles. The third kappa shape index (κ3) is 8.99. The van der Waals surface area contributed by atoms with Gasteiger partial charge in [-0.2, -0.15) is 0 Å². The van der Waals surface area contributed by atoms with Gasteiger partial charge in [-0.05, 0) is 90.9 Å². The summed E-state index contributed by atoms with van der Waals surface area (Å²) < 4.78 is 6.06. The second-order valence-electron chi connectivity index (χ2n) is 13.1. The molecule has 0 amide bonds. The maximum Gasteiger partial charge on any atom is 0.195 e. The van der Waals surface area contributed by atoms with Gasteiger partial charge in [0, 0.05) is 41.8 Å². The number of unbranched alkanes of at least 4 members (excludes halogenated alkanes) is 6. The van der Waals surface area contributed by atoms with Crippen LogP contribution < -0.4 is 4.74 Å². The number of ketones is 2. The molecule has 0 atom stereocenters. The fourth-order valence-electron chi connectivity index (χ4n) is 6.39. The Hall–Kier alpha value is -4.06. The molecule has 0 fully saturated rings. The van der Waals surface area contributed by atoms with E-state index in [0.717, 1.165) is 43.7 Å². The van der Waals surface area contributed by atoms with E-state index in [0.29, 0.717) is 28.9 Å². The van der Waals surface area contributed by atoms with Gasteiger partial charge in [0.15, 0.2) is 11.6 Å². The molecule has 50 heavy (non-hydrogen) atoms.